The number of nitro benzene ring substituents is 1. The van der Waals surface area contributed by atoms with Crippen LogP contribution in [-0.4, -0.2) is 4.92 Å². The van der Waals surface area contributed by atoms with Gasteiger partial charge in [0.1, 0.15) is 0 Å². The van der Waals surface area contributed by atoms with Crippen molar-refractivity contribution in [1.29, 1.82) is 0 Å². The van der Waals surface area contributed by atoms with E-state index in [-0.39, 0.29) is 5.69 Å². The van der Waals surface area contributed by atoms with E-state index >= 15 is 0 Å². The number of aromatic nitrogens is 1. The smallest absolute Gasteiger partial charge is 0.378 e. The third kappa shape index (κ3) is 1.62. The minimum Gasteiger partial charge on any atom is -0.406 e. The molecule has 0 aliphatic heterocycles. The minimum absolute atomic E-state index is 0.0679. The van der Waals surface area contributed by atoms with Gasteiger partial charge in [-0.15, -0.1) is 4.40 Å². The maximum Gasteiger partial charge on any atom is 0.378 e. The maximum absolute atomic E-state index is 10.8. The first kappa shape index (κ1) is 10.5. The van der Waals surface area contributed by atoms with Crippen molar-refractivity contribution in [3.8, 4) is 11.3 Å². The number of hydrogen-bond acceptors (Lipinski definition) is 3. The SMILES string of the molecule is O=[N+]([O-])c1cccc(-c2coc3cccc[n+]23)c1. The van der Waals surface area contributed by atoms with Gasteiger partial charge in [-0.3, -0.25) is 10.1 Å². The number of fused-ring (bicyclic) bond motifs is 1. The zero-order valence-corrected chi connectivity index (χ0v) is 9.32. The first-order valence-corrected chi connectivity index (χ1v) is 5.38. The van der Waals surface area contributed by atoms with Gasteiger partial charge >= 0.3 is 5.71 Å². The van der Waals surface area contributed by atoms with E-state index in [1.165, 1.54) is 12.1 Å². The third-order valence-electron chi connectivity index (χ3n) is 2.73. The van der Waals surface area contributed by atoms with Crippen molar-refractivity contribution in [1.82, 2.24) is 0 Å². The van der Waals surface area contributed by atoms with Crippen molar-refractivity contribution >= 4 is 11.4 Å². The molecule has 88 valence electrons. The van der Waals surface area contributed by atoms with Crippen LogP contribution in [-0.2, 0) is 0 Å². The van der Waals surface area contributed by atoms with Gasteiger partial charge in [-0.05, 0) is 12.1 Å². The van der Waals surface area contributed by atoms with Gasteiger partial charge in [-0.25, -0.2) is 0 Å². The van der Waals surface area contributed by atoms with Gasteiger partial charge in [0.25, 0.3) is 11.4 Å². The minimum atomic E-state index is -0.406. The number of non-ortho nitro benzene ring substituents is 1. The van der Waals surface area contributed by atoms with Crippen molar-refractivity contribution in [3.63, 3.8) is 0 Å². The molecule has 0 aliphatic rings. The second-order valence-corrected chi connectivity index (χ2v) is 3.84. The Balaban J connectivity index is 2.20. The third-order valence-corrected chi connectivity index (χ3v) is 2.73. The molecule has 0 amide bonds. The van der Waals surface area contributed by atoms with Crippen molar-refractivity contribution < 1.29 is 13.7 Å². The number of rotatable bonds is 2. The van der Waals surface area contributed by atoms with Gasteiger partial charge in [-0.1, -0.05) is 6.07 Å². The zero-order chi connectivity index (χ0) is 12.5. The molecular weight excluding hydrogens is 232 g/mol. The summed E-state index contributed by atoms with van der Waals surface area (Å²) in [4.78, 5) is 10.4. The average molecular weight is 241 g/mol. The number of nitrogens with zero attached hydrogens (tertiary/aromatic N) is 2. The molecule has 5 heteroatoms. The lowest BCUT2D eigenvalue weighted by Gasteiger charge is -1.93. The average Bonchev–Trinajstić information content (AvgIpc) is 2.82. The van der Waals surface area contributed by atoms with Gasteiger partial charge in [0.15, 0.2) is 12.5 Å². The van der Waals surface area contributed by atoms with Crippen LogP contribution in [0.2, 0.25) is 0 Å². The lowest BCUT2D eigenvalue weighted by Crippen LogP contribution is -2.20. The monoisotopic (exact) mass is 241 g/mol. The first-order chi connectivity index (χ1) is 8.75. The van der Waals surface area contributed by atoms with E-state index in [1.54, 1.807) is 12.3 Å². The van der Waals surface area contributed by atoms with Crippen molar-refractivity contribution in [2.75, 3.05) is 0 Å². The highest BCUT2D eigenvalue weighted by molar-refractivity contribution is 5.60. The van der Waals surface area contributed by atoms with Crippen LogP contribution in [0.4, 0.5) is 5.69 Å². The van der Waals surface area contributed by atoms with Crippen molar-refractivity contribution in [3.05, 3.63) is 65.0 Å². The number of oxazole rings is 1. The summed E-state index contributed by atoms with van der Waals surface area (Å²) >= 11 is 0. The Bertz CT molecular complexity index is 734. The number of benzene rings is 1. The highest BCUT2D eigenvalue weighted by Crippen LogP contribution is 2.22. The van der Waals surface area contributed by atoms with Crippen LogP contribution in [0.5, 0.6) is 0 Å². The summed E-state index contributed by atoms with van der Waals surface area (Å²) in [6, 6.07) is 12.1. The fourth-order valence-electron chi connectivity index (χ4n) is 1.88. The quantitative estimate of drug-likeness (QED) is 0.393. The molecule has 0 unspecified atom stereocenters. The molecule has 1 aromatic carbocycles. The van der Waals surface area contributed by atoms with Gasteiger partial charge in [0.05, 0.1) is 16.6 Å². The lowest BCUT2D eigenvalue weighted by atomic mass is 10.1. The number of pyridine rings is 1. The summed E-state index contributed by atoms with van der Waals surface area (Å²) in [5, 5.41) is 10.8. The molecule has 5 nitrogen and oxygen atoms in total. The Morgan fingerprint density at radius 2 is 2.06 bits per heavy atom. The van der Waals surface area contributed by atoms with Crippen LogP contribution in [0.25, 0.3) is 17.0 Å². The molecule has 0 fully saturated rings. The molecule has 18 heavy (non-hydrogen) atoms. The van der Waals surface area contributed by atoms with E-state index in [0.29, 0.717) is 5.71 Å². The van der Waals surface area contributed by atoms with E-state index in [1.807, 2.05) is 34.9 Å². The molecule has 0 atom stereocenters. The summed E-state index contributed by atoms with van der Waals surface area (Å²) in [6.07, 6.45) is 3.45. The zero-order valence-electron chi connectivity index (χ0n) is 9.32. The Labute approximate surface area is 102 Å². The van der Waals surface area contributed by atoms with Crippen molar-refractivity contribution in [2.45, 2.75) is 0 Å². The normalized spacial score (nSPS) is 10.7. The molecule has 2 heterocycles. The molecule has 0 bridgehead atoms. The molecule has 0 radical (unpaired) electrons. The van der Waals surface area contributed by atoms with E-state index in [9.17, 15) is 10.1 Å². The predicted molar refractivity (Wildman–Crippen MR) is 64.0 cm³/mol. The Hall–Kier alpha value is -2.69. The Morgan fingerprint density at radius 1 is 1.17 bits per heavy atom. The number of hydrogen-bond donors (Lipinski definition) is 0. The largest absolute Gasteiger partial charge is 0.406 e. The predicted octanol–water partition coefficient (Wildman–Crippen LogP) is 2.59. The van der Waals surface area contributed by atoms with E-state index in [0.717, 1.165) is 11.3 Å². The molecule has 2 aromatic heterocycles. The maximum atomic E-state index is 10.8. The second-order valence-electron chi connectivity index (χ2n) is 3.84. The van der Waals surface area contributed by atoms with Crippen LogP contribution in [0.15, 0.2) is 59.3 Å². The van der Waals surface area contributed by atoms with E-state index < -0.39 is 4.92 Å². The molecule has 0 spiro atoms. The van der Waals surface area contributed by atoms with Crippen molar-refractivity contribution in [2.24, 2.45) is 0 Å². The molecule has 3 rings (SSSR count). The Morgan fingerprint density at radius 3 is 2.89 bits per heavy atom. The van der Waals surface area contributed by atoms with Crippen LogP contribution in [0.3, 0.4) is 0 Å². The fraction of sp³-hybridized carbons (Fsp3) is 0. The van der Waals surface area contributed by atoms with E-state index in [2.05, 4.69) is 0 Å². The highest BCUT2D eigenvalue weighted by atomic mass is 16.6. The van der Waals surface area contributed by atoms with Crippen LogP contribution >= 0.6 is 0 Å². The molecule has 0 saturated heterocycles. The van der Waals surface area contributed by atoms with Gasteiger partial charge in [-0.2, -0.15) is 0 Å². The van der Waals surface area contributed by atoms with Gasteiger partial charge < -0.3 is 4.42 Å². The molecule has 3 aromatic rings. The fourth-order valence-corrected chi connectivity index (χ4v) is 1.88. The van der Waals surface area contributed by atoms with Crippen LogP contribution < -0.4 is 4.40 Å². The molecule has 0 N–H and O–H groups in total. The highest BCUT2D eigenvalue weighted by Gasteiger charge is 2.18. The summed E-state index contributed by atoms with van der Waals surface area (Å²) in [5.41, 5.74) is 2.30. The second kappa shape index (κ2) is 3.96. The summed E-state index contributed by atoms with van der Waals surface area (Å²) in [5.74, 6) is 0. The van der Waals surface area contributed by atoms with Gasteiger partial charge in [0.2, 0.25) is 0 Å². The van der Waals surface area contributed by atoms with Crippen LogP contribution in [0, 0.1) is 10.1 Å². The molecule has 0 saturated carbocycles. The topological polar surface area (TPSA) is 60.4 Å². The lowest BCUT2D eigenvalue weighted by molar-refractivity contribution is -0.501. The summed E-state index contributed by atoms with van der Waals surface area (Å²) in [6.45, 7) is 0. The Kier molecular flexibility index (Phi) is 2.30. The van der Waals surface area contributed by atoms with Crippen LogP contribution in [0.1, 0.15) is 0 Å². The summed E-state index contributed by atoms with van der Waals surface area (Å²) < 4.78 is 7.24. The van der Waals surface area contributed by atoms with E-state index in [4.69, 9.17) is 4.42 Å². The standard InChI is InChI=1S/C13H9N2O3/c16-15(17)11-5-3-4-10(8-11)12-9-18-13-6-1-2-7-14(12)13/h1-9H/q+1. The first-order valence-electron chi connectivity index (χ1n) is 5.38. The number of nitro groups is 1. The molecule has 0 aliphatic carbocycles. The van der Waals surface area contributed by atoms with Gasteiger partial charge in [0, 0.05) is 18.2 Å². The molecular formula is C13H9N2O3+. The summed E-state index contributed by atoms with van der Waals surface area (Å²) in [7, 11) is 0.